The van der Waals surface area contributed by atoms with Crippen molar-refractivity contribution in [2.75, 3.05) is 7.11 Å². The molecule has 3 nitrogen and oxygen atoms in total. The molecule has 0 heterocycles. The first kappa shape index (κ1) is 28.0. The molecule has 0 saturated heterocycles. The Hall–Kier alpha value is -1.08. The summed E-state index contributed by atoms with van der Waals surface area (Å²) in [5, 5.41) is 13.9. The molecule has 0 amide bonds. The first-order valence-electron chi connectivity index (χ1n) is 12.1. The summed E-state index contributed by atoms with van der Waals surface area (Å²) in [6.07, 6.45) is 0. The number of hydrogen-bond donors (Lipinski definition) is 1. The maximum atomic E-state index is 12.9. The van der Waals surface area contributed by atoms with E-state index in [0.29, 0.717) is 38.8 Å². The van der Waals surface area contributed by atoms with Gasteiger partial charge in [-0.2, -0.15) is 0 Å². The molecule has 0 aliphatic heterocycles. The molecule has 1 rings (SSSR count). The lowest BCUT2D eigenvalue weighted by atomic mass is 10.2. The third-order valence-electron chi connectivity index (χ3n) is 8.21. The molecule has 0 radical (unpaired) electrons. The Morgan fingerprint density at radius 1 is 0.710 bits per heavy atom. The number of esters is 1. The Morgan fingerprint density at radius 3 is 1.35 bits per heavy atom. The van der Waals surface area contributed by atoms with Crippen LogP contribution >= 0.6 is 0 Å². The van der Waals surface area contributed by atoms with E-state index in [4.69, 9.17) is 4.74 Å². The lowest BCUT2D eigenvalue weighted by molar-refractivity contribution is 0.0597. The molecule has 178 valence electrons. The first-order chi connectivity index (χ1) is 14.1. The van der Waals surface area contributed by atoms with E-state index in [1.165, 1.54) is 12.3 Å². The number of rotatable bonds is 9. The van der Waals surface area contributed by atoms with E-state index in [1.54, 1.807) is 0 Å². The minimum Gasteiger partial charge on any atom is -0.507 e. The Kier molecular flexibility index (Phi) is 9.24. The summed E-state index contributed by atoms with van der Waals surface area (Å²) in [4.78, 5) is 12.9. The summed E-state index contributed by atoms with van der Waals surface area (Å²) >= 11 is 0. The summed E-state index contributed by atoms with van der Waals surface area (Å²) < 4.78 is 5.15. The normalized spacial score (nSPS) is 13.4. The monoisotopic (exact) mass is 464 g/mol. The van der Waals surface area contributed by atoms with Crippen LogP contribution in [-0.2, 0) is 4.74 Å². The largest absolute Gasteiger partial charge is 0.507 e. The van der Waals surface area contributed by atoms with Crippen LogP contribution < -0.4 is 10.4 Å². The molecular formula is C26H48O3Si2. The van der Waals surface area contributed by atoms with Crippen molar-refractivity contribution in [1.29, 1.82) is 0 Å². The molecule has 0 atom stereocenters. The van der Waals surface area contributed by atoms with Crippen molar-refractivity contribution in [2.24, 2.45) is 0 Å². The molecule has 0 unspecified atom stereocenters. The number of methoxy groups -OCH3 is 1. The highest BCUT2D eigenvalue weighted by Gasteiger charge is 2.50. The molecular weight excluding hydrogens is 416 g/mol. The number of ether oxygens (including phenoxy) is 1. The molecule has 0 saturated carbocycles. The van der Waals surface area contributed by atoms with Gasteiger partial charge in [-0.3, -0.25) is 0 Å². The number of phenolic OH excluding ortho intramolecular Hbond substituents is 1. The van der Waals surface area contributed by atoms with Gasteiger partial charge in [-0.25, -0.2) is 4.79 Å². The molecule has 0 bridgehead atoms. The van der Waals surface area contributed by atoms with E-state index >= 15 is 0 Å². The Morgan fingerprint density at radius 2 is 1.06 bits per heavy atom. The maximum Gasteiger partial charge on any atom is 0.341 e. The fourth-order valence-electron chi connectivity index (χ4n) is 7.41. The van der Waals surface area contributed by atoms with Crippen molar-refractivity contribution in [2.45, 2.75) is 116 Å². The third-order valence-corrected chi connectivity index (χ3v) is 22.3. The van der Waals surface area contributed by atoms with Gasteiger partial charge < -0.3 is 9.84 Å². The summed E-state index contributed by atoms with van der Waals surface area (Å²) in [6, 6.07) is 4.33. The highest BCUT2D eigenvalue weighted by molar-refractivity contribution is 6.98. The van der Waals surface area contributed by atoms with Crippen molar-refractivity contribution in [3.63, 3.8) is 0 Å². The average molecular weight is 465 g/mol. The molecule has 1 aromatic carbocycles. The molecule has 1 N–H and O–H groups in total. The molecule has 1 aromatic rings. The number of phenols is 1. The molecule has 0 aliphatic rings. The molecule has 0 aliphatic carbocycles. The van der Waals surface area contributed by atoms with Crippen LogP contribution in [0, 0.1) is 0 Å². The van der Waals surface area contributed by atoms with Crippen LogP contribution in [0.25, 0.3) is 0 Å². The highest BCUT2D eigenvalue weighted by atomic mass is 28.3. The van der Waals surface area contributed by atoms with Gasteiger partial charge in [-0.05, 0) is 44.5 Å². The summed E-state index contributed by atoms with van der Waals surface area (Å²) in [5.41, 5.74) is 3.22. The second-order valence-corrected chi connectivity index (χ2v) is 23.0. The van der Waals surface area contributed by atoms with Gasteiger partial charge in [0.05, 0.1) is 23.3 Å². The number of carbonyl (C=O) groups is 1. The Bertz CT molecular complexity index is 721. The van der Waals surface area contributed by atoms with Crippen molar-refractivity contribution >= 4 is 32.5 Å². The predicted molar refractivity (Wildman–Crippen MR) is 141 cm³/mol. The minimum atomic E-state index is -2.19. The van der Waals surface area contributed by atoms with Crippen molar-refractivity contribution in [3.8, 4) is 5.75 Å². The highest BCUT2D eigenvalue weighted by Crippen LogP contribution is 2.45. The van der Waals surface area contributed by atoms with Gasteiger partial charge >= 0.3 is 5.97 Å². The van der Waals surface area contributed by atoms with Crippen molar-refractivity contribution < 1.29 is 14.6 Å². The van der Waals surface area contributed by atoms with E-state index in [-0.39, 0.29) is 5.75 Å². The molecule has 0 spiro atoms. The standard InChI is InChI=1S/C26H48O3Si2/c1-16(2)30(17(3)4,18(5)6)22-14-23(26(28)29-13)25(27)24(15-22)31(19(7)8,20(9)10)21(11)12/h14-21,27H,1-13H3. The third kappa shape index (κ3) is 4.41. The van der Waals surface area contributed by atoms with Crippen LogP contribution in [-0.4, -0.2) is 34.3 Å². The van der Waals surface area contributed by atoms with E-state index in [2.05, 4.69) is 89.2 Å². The van der Waals surface area contributed by atoms with Gasteiger partial charge in [0.2, 0.25) is 0 Å². The summed E-state index contributed by atoms with van der Waals surface area (Å²) in [6.45, 7) is 27.8. The van der Waals surface area contributed by atoms with Crippen molar-refractivity contribution in [3.05, 3.63) is 17.7 Å². The topological polar surface area (TPSA) is 46.5 Å². The second-order valence-electron chi connectivity index (χ2n) is 11.2. The van der Waals surface area contributed by atoms with Gasteiger partial charge in [-0.1, -0.05) is 94.3 Å². The molecule has 5 heteroatoms. The first-order valence-corrected chi connectivity index (χ1v) is 16.6. The zero-order chi connectivity index (χ0) is 24.5. The van der Waals surface area contributed by atoms with Gasteiger partial charge in [0, 0.05) is 0 Å². The number of carbonyl (C=O) groups excluding carboxylic acids is 1. The maximum absolute atomic E-state index is 12.9. The van der Waals surface area contributed by atoms with Gasteiger partial charge in [-0.15, -0.1) is 0 Å². The van der Waals surface area contributed by atoms with Crippen LogP contribution in [0.1, 0.15) is 93.4 Å². The zero-order valence-corrected chi connectivity index (χ0v) is 24.4. The average Bonchev–Trinajstić information content (AvgIpc) is 2.62. The van der Waals surface area contributed by atoms with E-state index in [9.17, 15) is 9.90 Å². The van der Waals surface area contributed by atoms with Crippen LogP contribution in [0.4, 0.5) is 0 Å². The molecule has 31 heavy (non-hydrogen) atoms. The lowest BCUT2D eigenvalue weighted by Crippen LogP contribution is -2.60. The lowest BCUT2D eigenvalue weighted by Gasteiger charge is -2.47. The Balaban J connectivity index is 4.28. The fraction of sp³-hybridized carbons (Fsp3) is 0.731. The number of benzene rings is 1. The summed E-state index contributed by atoms with van der Waals surface area (Å²) in [7, 11) is -2.81. The van der Waals surface area contributed by atoms with Gasteiger partial charge in [0.25, 0.3) is 0 Å². The predicted octanol–water partition coefficient (Wildman–Crippen LogP) is 6.95. The van der Waals surface area contributed by atoms with E-state index < -0.39 is 22.1 Å². The smallest absolute Gasteiger partial charge is 0.341 e. The van der Waals surface area contributed by atoms with Crippen LogP contribution in [0.2, 0.25) is 33.2 Å². The molecule has 0 aromatic heterocycles. The van der Waals surface area contributed by atoms with Gasteiger partial charge in [0.1, 0.15) is 11.3 Å². The van der Waals surface area contributed by atoms with Crippen LogP contribution in [0.5, 0.6) is 5.75 Å². The number of aromatic hydroxyl groups is 1. The van der Waals surface area contributed by atoms with E-state index in [0.717, 1.165) is 5.19 Å². The second kappa shape index (κ2) is 10.2. The van der Waals surface area contributed by atoms with E-state index in [1.807, 2.05) is 6.07 Å². The SMILES string of the molecule is COC(=O)c1cc([Si](C(C)C)(C(C)C)C(C)C)cc([Si](C(C)C)(C(C)C)C(C)C)c1O. The molecule has 0 fully saturated rings. The quantitative estimate of drug-likeness (QED) is 0.318. The Labute approximate surface area is 194 Å². The fourth-order valence-corrected chi connectivity index (χ4v) is 21.2. The van der Waals surface area contributed by atoms with Crippen LogP contribution in [0.3, 0.4) is 0 Å². The summed E-state index contributed by atoms with van der Waals surface area (Å²) in [5.74, 6) is -0.267. The van der Waals surface area contributed by atoms with Gasteiger partial charge in [0.15, 0.2) is 0 Å². The number of hydrogen-bond acceptors (Lipinski definition) is 3. The van der Waals surface area contributed by atoms with Crippen molar-refractivity contribution in [1.82, 2.24) is 0 Å². The zero-order valence-electron chi connectivity index (χ0n) is 22.4. The van der Waals surface area contributed by atoms with Crippen LogP contribution in [0.15, 0.2) is 12.1 Å². The minimum absolute atomic E-state index is 0.164.